The molecule has 92 valence electrons. The van der Waals surface area contributed by atoms with Gasteiger partial charge in [0.2, 0.25) is 0 Å². The molecule has 3 heteroatoms. The molecule has 0 aromatic carbocycles. The molecule has 0 heterocycles. The molecule has 0 aromatic heterocycles. The van der Waals surface area contributed by atoms with E-state index in [1.165, 1.54) is 25.7 Å². The maximum atomic E-state index is 9.34. The molecule has 0 aliphatic rings. The molecule has 0 saturated carbocycles. The number of nitrogens with one attached hydrogen (secondary N) is 1. The van der Waals surface area contributed by atoms with Gasteiger partial charge in [0.05, 0.1) is 13.2 Å². The summed E-state index contributed by atoms with van der Waals surface area (Å²) in [5.74, 6) is 0. The molecule has 0 aliphatic heterocycles. The van der Waals surface area contributed by atoms with Crippen molar-refractivity contribution in [3.8, 4) is 0 Å². The van der Waals surface area contributed by atoms with Crippen LogP contribution in [-0.4, -0.2) is 37.5 Å². The number of hydrogen-bond acceptors (Lipinski definition) is 3. The molecular weight excluding hydrogens is 190 g/mol. The molecule has 0 amide bonds. The monoisotopic (exact) mass is 217 g/mol. The summed E-state index contributed by atoms with van der Waals surface area (Å²) in [5, 5.41) is 12.7. The van der Waals surface area contributed by atoms with Crippen molar-refractivity contribution in [2.45, 2.75) is 51.5 Å². The van der Waals surface area contributed by atoms with Crippen molar-refractivity contribution in [3.05, 3.63) is 0 Å². The maximum Gasteiger partial charge on any atom is 0.0610 e. The Morgan fingerprint density at radius 1 is 1.27 bits per heavy atom. The molecule has 1 unspecified atom stereocenters. The van der Waals surface area contributed by atoms with Crippen LogP contribution in [0.2, 0.25) is 0 Å². The van der Waals surface area contributed by atoms with Gasteiger partial charge in [-0.25, -0.2) is 0 Å². The number of rotatable bonds is 10. The van der Waals surface area contributed by atoms with E-state index >= 15 is 0 Å². The van der Waals surface area contributed by atoms with E-state index in [1.807, 2.05) is 0 Å². The highest BCUT2D eigenvalue weighted by Crippen LogP contribution is 2.14. The van der Waals surface area contributed by atoms with Crippen LogP contribution in [0, 0.1) is 0 Å². The summed E-state index contributed by atoms with van der Waals surface area (Å²) >= 11 is 0. The van der Waals surface area contributed by atoms with Gasteiger partial charge < -0.3 is 15.2 Å². The Hall–Kier alpha value is -0.120. The van der Waals surface area contributed by atoms with Crippen LogP contribution in [0.1, 0.15) is 46.0 Å². The van der Waals surface area contributed by atoms with E-state index in [1.54, 1.807) is 7.11 Å². The largest absolute Gasteiger partial charge is 0.394 e. The van der Waals surface area contributed by atoms with Crippen molar-refractivity contribution >= 4 is 0 Å². The van der Waals surface area contributed by atoms with Gasteiger partial charge in [0.15, 0.2) is 0 Å². The lowest BCUT2D eigenvalue weighted by Crippen LogP contribution is -2.47. The fourth-order valence-corrected chi connectivity index (χ4v) is 1.62. The molecule has 0 aliphatic carbocycles. The van der Waals surface area contributed by atoms with Crippen LogP contribution in [0.25, 0.3) is 0 Å². The van der Waals surface area contributed by atoms with Crippen LogP contribution in [-0.2, 0) is 4.74 Å². The zero-order chi connectivity index (χ0) is 11.6. The number of unbranched alkanes of at least 4 members (excludes halogenated alkanes) is 3. The summed E-state index contributed by atoms with van der Waals surface area (Å²) < 4.78 is 4.98. The van der Waals surface area contributed by atoms with E-state index in [4.69, 9.17) is 4.74 Å². The fraction of sp³-hybridized carbons (Fsp3) is 1.00. The summed E-state index contributed by atoms with van der Waals surface area (Å²) in [5.41, 5.74) is -0.133. The van der Waals surface area contributed by atoms with Crippen molar-refractivity contribution in [1.29, 1.82) is 0 Å². The third kappa shape index (κ3) is 7.77. The van der Waals surface area contributed by atoms with Crippen LogP contribution in [0.4, 0.5) is 0 Å². The van der Waals surface area contributed by atoms with Crippen LogP contribution < -0.4 is 5.32 Å². The van der Waals surface area contributed by atoms with Crippen LogP contribution >= 0.6 is 0 Å². The fourth-order valence-electron chi connectivity index (χ4n) is 1.62. The Balaban J connectivity index is 3.65. The summed E-state index contributed by atoms with van der Waals surface area (Å²) in [6, 6.07) is 0. The first kappa shape index (κ1) is 14.9. The minimum atomic E-state index is -0.133. The van der Waals surface area contributed by atoms with Gasteiger partial charge in [-0.05, 0) is 13.3 Å². The molecule has 2 N–H and O–H groups in total. The molecule has 0 bridgehead atoms. The van der Waals surface area contributed by atoms with Gasteiger partial charge >= 0.3 is 0 Å². The first-order valence-corrected chi connectivity index (χ1v) is 6.03. The summed E-state index contributed by atoms with van der Waals surface area (Å²) in [6.07, 6.45) is 6.03. The number of aliphatic hydroxyl groups is 1. The third-order valence-corrected chi connectivity index (χ3v) is 2.79. The maximum absolute atomic E-state index is 9.34. The zero-order valence-corrected chi connectivity index (χ0v) is 10.5. The van der Waals surface area contributed by atoms with Crippen molar-refractivity contribution in [3.63, 3.8) is 0 Å². The second-order valence-electron chi connectivity index (χ2n) is 4.45. The molecule has 0 rings (SSSR count). The van der Waals surface area contributed by atoms with Crippen LogP contribution in [0.5, 0.6) is 0 Å². The molecule has 0 saturated heterocycles. The molecule has 3 nitrogen and oxygen atoms in total. The molecule has 15 heavy (non-hydrogen) atoms. The Morgan fingerprint density at radius 3 is 2.53 bits per heavy atom. The van der Waals surface area contributed by atoms with Crippen LogP contribution in [0.3, 0.4) is 0 Å². The third-order valence-electron chi connectivity index (χ3n) is 2.79. The van der Waals surface area contributed by atoms with E-state index in [9.17, 15) is 5.11 Å². The predicted molar refractivity (Wildman–Crippen MR) is 64.1 cm³/mol. The predicted octanol–water partition coefficient (Wildman–Crippen LogP) is 1.94. The van der Waals surface area contributed by atoms with E-state index in [-0.39, 0.29) is 12.1 Å². The second kappa shape index (κ2) is 9.13. The van der Waals surface area contributed by atoms with Gasteiger partial charge in [-0.2, -0.15) is 0 Å². The van der Waals surface area contributed by atoms with Crippen molar-refractivity contribution in [2.24, 2.45) is 0 Å². The smallest absolute Gasteiger partial charge is 0.0610 e. The first-order chi connectivity index (χ1) is 7.18. The van der Waals surface area contributed by atoms with Crippen molar-refractivity contribution in [2.75, 3.05) is 26.9 Å². The number of methoxy groups -OCH3 is 1. The Labute approximate surface area is 94.2 Å². The normalized spacial score (nSPS) is 15.2. The lowest BCUT2D eigenvalue weighted by atomic mass is 9.95. The average Bonchev–Trinajstić information content (AvgIpc) is 2.25. The van der Waals surface area contributed by atoms with E-state index in [0.29, 0.717) is 6.61 Å². The lowest BCUT2D eigenvalue weighted by Gasteiger charge is -2.28. The number of hydrogen-bond donors (Lipinski definition) is 2. The van der Waals surface area contributed by atoms with Gasteiger partial charge in [-0.3, -0.25) is 0 Å². The van der Waals surface area contributed by atoms with Gasteiger partial charge in [-0.1, -0.05) is 32.6 Å². The number of ether oxygens (including phenoxy) is 1. The Morgan fingerprint density at radius 2 is 2.00 bits per heavy atom. The van der Waals surface area contributed by atoms with Gasteiger partial charge in [0.25, 0.3) is 0 Å². The van der Waals surface area contributed by atoms with Gasteiger partial charge in [0.1, 0.15) is 0 Å². The molecule has 0 aromatic rings. The van der Waals surface area contributed by atoms with Crippen molar-refractivity contribution in [1.82, 2.24) is 5.32 Å². The zero-order valence-electron chi connectivity index (χ0n) is 10.5. The minimum absolute atomic E-state index is 0.133. The minimum Gasteiger partial charge on any atom is -0.394 e. The molecule has 0 spiro atoms. The quantitative estimate of drug-likeness (QED) is 0.550. The molecular formula is C12H27NO2. The Bertz CT molecular complexity index is 142. The van der Waals surface area contributed by atoms with Crippen LogP contribution in [0.15, 0.2) is 0 Å². The molecule has 0 fully saturated rings. The topological polar surface area (TPSA) is 41.5 Å². The summed E-state index contributed by atoms with van der Waals surface area (Å²) in [4.78, 5) is 0. The van der Waals surface area contributed by atoms with E-state index < -0.39 is 0 Å². The highest BCUT2D eigenvalue weighted by atomic mass is 16.5. The second-order valence-corrected chi connectivity index (χ2v) is 4.45. The summed E-state index contributed by atoms with van der Waals surface area (Å²) in [6.45, 7) is 5.99. The number of aliphatic hydroxyl groups excluding tert-OH is 1. The van der Waals surface area contributed by atoms with E-state index in [2.05, 4.69) is 19.2 Å². The SMILES string of the molecule is CCCCCCC(C)(CO)NCCOC. The Kier molecular flexibility index (Phi) is 9.06. The molecule has 0 radical (unpaired) electrons. The standard InChI is InChI=1S/C12H27NO2/c1-4-5-6-7-8-12(2,11-14)13-9-10-15-3/h13-14H,4-11H2,1-3H3. The van der Waals surface area contributed by atoms with Gasteiger partial charge in [0, 0.05) is 19.2 Å². The average molecular weight is 217 g/mol. The first-order valence-electron chi connectivity index (χ1n) is 6.03. The highest BCUT2D eigenvalue weighted by Gasteiger charge is 2.21. The summed E-state index contributed by atoms with van der Waals surface area (Å²) in [7, 11) is 1.69. The van der Waals surface area contributed by atoms with Crippen molar-refractivity contribution < 1.29 is 9.84 Å². The molecule has 1 atom stereocenters. The highest BCUT2D eigenvalue weighted by molar-refractivity contribution is 4.81. The van der Waals surface area contributed by atoms with Gasteiger partial charge in [-0.15, -0.1) is 0 Å². The lowest BCUT2D eigenvalue weighted by molar-refractivity contribution is 0.140. The van der Waals surface area contributed by atoms with E-state index in [0.717, 1.165) is 13.0 Å².